The summed E-state index contributed by atoms with van der Waals surface area (Å²) in [4.78, 5) is 17.5. The van der Waals surface area contributed by atoms with Crippen molar-refractivity contribution < 1.29 is 9.50 Å². The molecule has 4 nitrogen and oxygen atoms in total. The van der Waals surface area contributed by atoms with E-state index in [1.54, 1.807) is 24.4 Å². The summed E-state index contributed by atoms with van der Waals surface area (Å²) in [6, 6.07) is 8.98. The van der Waals surface area contributed by atoms with Gasteiger partial charge in [-0.05, 0) is 36.4 Å². The van der Waals surface area contributed by atoms with Crippen LogP contribution in [0.25, 0.3) is 26.0 Å². The van der Waals surface area contributed by atoms with Crippen molar-refractivity contribution in [2.24, 2.45) is 0 Å². The number of halogens is 1. The normalized spacial score (nSPS) is 11.3. The lowest BCUT2D eigenvalue weighted by molar-refractivity contribution is 0.481. The van der Waals surface area contributed by atoms with E-state index in [9.17, 15) is 14.3 Å². The lowest BCUT2D eigenvalue weighted by Crippen LogP contribution is -2.16. The van der Waals surface area contributed by atoms with Gasteiger partial charge in [0.25, 0.3) is 5.56 Å². The van der Waals surface area contributed by atoms with Gasteiger partial charge in [0.2, 0.25) is 0 Å². The van der Waals surface area contributed by atoms with Crippen molar-refractivity contribution >= 4 is 31.6 Å². The minimum absolute atomic E-state index is 0.107. The van der Waals surface area contributed by atoms with Gasteiger partial charge in [-0.3, -0.25) is 9.36 Å². The molecule has 0 aliphatic carbocycles. The van der Waals surface area contributed by atoms with Crippen LogP contribution in [0.4, 0.5) is 4.39 Å². The quantitative estimate of drug-likeness (QED) is 0.586. The predicted octanol–water partition coefficient (Wildman–Crippen LogP) is 3.45. The molecule has 3 heterocycles. The molecular weight excluding hydrogens is 303 g/mol. The van der Waals surface area contributed by atoms with Crippen LogP contribution in [0.15, 0.2) is 53.6 Å². The highest BCUT2D eigenvalue weighted by molar-refractivity contribution is 7.25. The van der Waals surface area contributed by atoms with E-state index in [1.807, 2.05) is 0 Å². The Morgan fingerprint density at radius 1 is 1.14 bits per heavy atom. The summed E-state index contributed by atoms with van der Waals surface area (Å²) < 4.78 is 15.0. The van der Waals surface area contributed by atoms with Crippen molar-refractivity contribution in [3.8, 4) is 11.4 Å². The van der Waals surface area contributed by atoms with E-state index in [0.29, 0.717) is 26.0 Å². The summed E-state index contributed by atoms with van der Waals surface area (Å²) in [6.45, 7) is 0. The minimum atomic E-state index is -0.353. The number of aromatic nitrogens is 2. The molecule has 1 N–H and O–H groups in total. The highest BCUT2D eigenvalue weighted by Crippen LogP contribution is 2.35. The lowest BCUT2D eigenvalue weighted by atomic mass is 10.2. The maximum absolute atomic E-state index is 13.0. The van der Waals surface area contributed by atoms with E-state index >= 15 is 0 Å². The maximum atomic E-state index is 13.0. The summed E-state index contributed by atoms with van der Waals surface area (Å²) in [7, 11) is 0. The summed E-state index contributed by atoms with van der Waals surface area (Å²) in [5.41, 5.74) is 0.370. The third kappa shape index (κ3) is 1.81. The summed E-state index contributed by atoms with van der Waals surface area (Å²) in [6.07, 6.45) is 3.13. The van der Waals surface area contributed by atoms with Gasteiger partial charge in [0.05, 0.1) is 5.39 Å². The first-order valence-corrected chi connectivity index (χ1v) is 7.34. The molecule has 0 bridgehead atoms. The van der Waals surface area contributed by atoms with Crippen LogP contribution in [0.3, 0.4) is 0 Å². The SMILES string of the molecule is O=c1c2sc3nccc(O)c3c2ccn1-c1ccc(F)cc1. The van der Waals surface area contributed by atoms with Crippen molar-refractivity contribution in [1.29, 1.82) is 0 Å². The van der Waals surface area contributed by atoms with E-state index in [0.717, 1.165) is 0 Å². The molecule has 3 aromatic heterocycles. The second-order valence-corrected chi connectivity index (χ2v) is 5.82. The molecule has 0 spiro atoms. The molecule has 4 rings (SSSR count). The zero-order valence-corrected chi connectivity index (χ0v) is 12.0. The van der Waals surface area contributed by atoms with E-state index < -0.39 is 0 Å². The first-order chi connectivity index (χ1) is 10.6. The van der Waals surface area contributed by atoms with Crippen LogP contribution in [-0.2, 0) is 0 Å². The van der Waals surface area contributed by atoms with Crippen molar-refractivity contribution in [3.63, 3.8) is 0 Å². The molecule has 0 amide bonds. The largest absolute Gasteiger partial charge is 0.507 e. The fourth-order valence-electron chi connectivity index (χ4n) is 2.48. The fourth-order valence-corrected chi connectivity index (χ4v) is 3.57. The van der Waals surface area contributed by atoms with Crippen molar-refractivity contribution in [2.75, 3.05) is 0 Å². The van der Waals surface area contributed by atoms with Crippen LogP contribution in [0, 0.1) is 5.82 Å². The Bertz CT molecular complexity index is 1070. The molecule has 0 saturated heterocycles. The van der Waals surface area contributed by atoms with Crippen LogP contribution in [0.2, 0.25) is 0 Å². The number of rotatable bonds is 1. The van der Waals surface area contributed by atoms with E-state index in [2.05, 4.69) is 4.98 Å². The third-order valence-electron chi connectivity index (χ3n) is 3.52. The van der Waals surface area contributed by atoms with E-state index in [1.165, 1.54) is 40.3 Å². The van der Waals surface area contributed by atoms with Crippen molar-refractivity contribution in [3.05, 3.63) is 65.0 Å². The first-order valence-electron chi connectivity index (χ1n) is 6.53. The number of nitrogens with zero attached hydrogens (tertiary/aromatic N) is 2. The fraction of sp³-hybridized carbons (Fsp3) is 0. The number of pyridine rings is 2. The average Bonchev–Trinajstić information content (AvgIpc) is 2.90. The summed E-state index contributed by atoms with van der Waals surface area (Å²) in [5.74, 6) is -0.246. The smallest absolute Gasteiger partial charge is 0.273 e. The molecule has 22 heavy (non-hydrogen) atoms. The standard InChI is InChI=1S/C16H9FN2O2S/c17-9-1-3-10(4-2-9)19-8-6-11-13-12(20)5-7-18-15(13)22-14(11)16(19)21/h1-8H,(H,18,20). The Morgan fingerprint density at radius 3 is 2.68 bits per heavy atom. The molecule has 1 aromatic carbocycles. The predicted molar refractivity (Wildman–Crippen MR) is 84.3 cm³/mol. The van der Waals surface area contributed by atoms with Gasteiger partial charge in [-0.1, -0.05) is 0 Å². The highest BCUT2D eigenvalue weighted by atomic mass is 32.1. The van der Waals surface area contributed by atoms with Gasteiger partial charge in [0, 0.05) is 23.5 Å². The van der Waals surface area contributed by atoms with Crippen molar-refractivity contribution in [2.45, 2.75) is 0 Å². The van der Waals surface area contributed by atoms with Gasteiger partial charge >= 0.3 is 0 Å². The van der Waals surface area contributed by atoms with Crippen molar-refractivity contribution in [1.82, 2.24) is 9.55 Å². The van der Waals surface area contributed by atoms with E-state index in [-0.39, 0.29) is 17.1 Å². The van der Waals surface area contributed by atoms with Gasteiger partial charge in [-0.25, -0.2) is 9.37 Å². The Kier molecular flexibility index (Phi) is 2.74. The summed E-state index contributed by atoms with van der Waals surface area (Å²) in [5, 5.41) is 11.2. The van der Waals surface area contributed by atoms with Crippen LogP contribution < -0.4 is 5.56 Å². The topological polar surface area (TPSA) is 55.1 Å². The minimum Gasteiger partial charge on any atom is -0.507 e. The number of thiophene rings is 1. The first kappa shape index (κ1) is 13.0. The monoisotopic (exact) mass is 312 g/mol. The van der Waals surface area contributed by atoms with Gasteiger partial charge in [0.1, 0.15) is 21.1 Å². The van der Waals surface area contributed by atoms with Gasteiger partial charge < -0.3 is 5.11 Å². The van der Waals surface area contributed by atoms with Crippen LogP contribution in [-0.4, -0.2) is 14.7 Å². The summed E-state index contributed by atoms with van der Waals surface area (Å²) >= 11 is 1.24. The second kappa shape index (κ2) is 4.64. The molecule has 108 valence electrons. The average molecular weight is 312 g/mol. The Labute approximate surface area is 127 Å². The van der Waals surface area contributed by atoms with Gasteiger partial charge in [-0.2, -0.15) is 0 Å². The highest BCUT2D eigenvalue weighted by Gasteiger charge is 2.14. The zero-order valence-electron chi connectivity index (χ0n) is 11.2. The van der Waals surface area contributed by atoms with Gasteiger partial charge in [0.15, 0.2) is 0 Å². The van der Waals surface area contributed by atoms with Crippen LogP contribution >= 0.6 is 11.3 Å². The number of hydrogen-bond donors (Lipinski definition) is 1. The molecule has 0 saturated carbocycles. The Hall–Kier alpha value is -2.73. The second-order valence-electron chi connectivity index (χ2n) is 4.82. The maximum Gasteiger partial charge on any atom is 0.273 e. The Morgan fingerprint density at radius 2 is 1.91 bits per heavy atom. The number of fused-ring (bicyclic) bond motifs is 3. The number of hydrogen-bond acceptors (Lipinski definition) is 4. The molecule has 0 atom stereocenters. The molecule has 0 unspecified atom stereocenters. The number of benzene rings is 1. The lowest BCUT2D eigenvalue weighted by Gasteiger charge is -2.05. The van der Waals surface area contributed by atoms with Crippen LogP contribution in [0.5, 0.6) is 5.75 Å². The molecule has 0 fully saturated rings. The molecule has 4 aromatic rings. The Balaban J connectivity index is 2.06. The number of aromatic hydroxyl groups is 1. The molecule has 6 heteroatoms. The third-order valence-corrected chi connectivity index (χ3v) is 4.62. The molecule has 0 aliphatic heterocycles. The molecule has 0 aliphatic rings. The molecule has 0 radical (unpaired) electrons. The molecular formula is C16H9FN2O2S. The zero-order chi connectivity index (χ0) is 15.3. The van der Waals surface area contributed by atoms with Gasteiger partial charge in [-0.15, -0.1) is 11.3 Å². The van der Waals surface area contributed by atoms with Crippen LogP contribution in [0.1, 0.15) is 0 Å². The van der Waals surface area contributed by atoms with E-state index in [4.69, 9.17) is 0 Å².